The van der Waals surface area contributed by atoms with Gasteiger partial charge in [0.1, 0.15) is 5.75 Å². The van der Waals surface area contributed by atoms with Gasteiger partial charge in [-0.2, -0.15) is 0 Å². The fourth-order valence-electron chi connectivity index (χ4n) is 3.23. The van der Waals surface area contributed by atoms with Crippen molar-refractivity contribution in [2.45, 2.75) is 65.9 Å². The van der Waals surface area contributed by atoms with E-state index in [1.165, 1.54) is 5.56 Å². The van der Waals surface area contributed by atoms with Gasteiger partial charge in [-0.1, -0.05) is 56.3 Å². The van der Waals surface area contributed by atoms with Crippen molar-refractivity contribution in [1.29, 1.82) is 0 Å². The molecule has 27 heavy (non-hydrogen) atoms. The Bertz CT molecular complexity index is 710. The van der Waals surface area contributed by atoms with Crippen LogP contribution in [0.2, 0.25) is 0 Å². The molecule has 0 aliphatic rings. The van der Waals surface area contributed by atoms with Gasteiger partial charge in [0.2, 0.25) is 0 Å². The highest BCUT2D eigenvalue weighted by Crippen LogP contribution is 2.30. The standard InChI is InChI=1S/C23H33NO2.ClH/c1-16(2)15-19-11-7-10-14-22(19)26-18(4)25-17(3)20-12-8-9-13-21(20)23(5,6)24;/h7-14,16-18H,15,24H2,1-6H3;1H. The van der Waals surface area contributed by atoms with Crippen LogP contribution in [0.4, 0.5) is 0 Å². The van der Waals surface area contributed by atoms with Gasteiger partial charge in [-0.3, -0.25) is 0 Å². The third kappa shape index (κ3) is 6.84. The van der Waals surface area contributed by atoms with Gasteiger partial charge in [-0.05, 0) is 62.8 Å². The molecule has 4 heteroatoms. The average Bonchev–Trinajstić information content (AvgIpc) is 2.55. The van der Waals surface area contributed by atoms with Crippen molar-refractivity contribution >= 4 is 12.4 Å². The maximum Gasteiger partial charge on any atom is 0.197 e. The van der Waals surface area contributed by atoms with Crippen molar-refractivity contribution in [2.24, 2.45) is 11.7 Å². The molecule has 0 radical (unpaired) electrons. The molecule has 0 fully saturated rings. The van der Waals surface area contributed by atoms with Crippen LogP contribution in [0.5, 0.6) is 5.75 Å². The average molecular weight is 392 g/mol. The molecule has 0 aliphatic carbocycles. The Morgan fingerprint density at radius 2 is 1.52 bits per heavy atom. The van der Waals surface area contributed by atoms with E-state index in [0.29, 0.717) is 5.92 Å². The van der Waals surface area contributed by atoms with Crippen molar-refractivity contribution < 1.29 is 9.47 Å². The largest absolute Gasteiger partial charge is 0.465 e. The van der Waals surface area contributed by atoms with Gasteiger partial charge in [-0.15, -0.1) is 12.4 Å². The highest BCUT2D eigenvalue weighted by atomic mass is 35.5. The van der Waals surface area contributed by atoms with Gasteiger partial charge < -0.3 is 15.2 Å². The lowest BCUT2D eigenvalue weighted by atomic mass is 9.89. The Morgan fingerprint density at radius 1 is 0.926 bits per heavy atom. The molecule has 0 saturated carbocycles. The van der Waals surface area contributed by atoms with Crippen LogP contribution in [-0.2, 0) is 16.7 Å². The Morgan fingerprint density at radius 3 is 2.15 bits per heavy atom. The highest BCUT2D eigenvalue weighted by Gasteiger charge is 2.22. The van der Waals surface area contributed by atoms with E-state index in [4.69, 9.17) is 15.2 Å². The molecule has 2 unspecified atom stereocenters. The third-order valence-corrected chi connectivity index (χ3v) is 4.38. The van der Waals surface area contributed by atoms with E-state index in [2.05, 4.69) is 38.1 Å². The normalized spacial score (nSPS) is 13.8. The van der Waals surface area contributed by atoms with Crippen molar-refractivity contribution in [3.8, 4) is 5.75 Å². The molecule has 3 nitrogen and oxygen atoms in total. The molecule has 2 N–H and O–H groups in total. The minimum Gasteiger partial charge on any atom is -0.465 e. The summed E-state index contributed by atoms with van der Waals surface area (Å²) in [4.78, 5) is 0. The molecule has 0 saturated heterocycles. The van der Waals surface area contributed by atoms with Gasteiger partial charge in [0.25, 0.3) is 0 Å². The maximum atomic E-state index is 6.33. The van der Waals surface area contributed by atoms with E-state index in [9.17, 15) is 0 Å². The fourth-order valence-corrected chi connectivity index (χ4v) is 3.23. The van der Waals surface area contributed by atoms with Gasteiger partial charge >= 0.3 is 0 Å². The van der Waals surface area contributed by atoms with Crippen molar-refractivity contribution in [3.63, 3.8) is 0 Å². The molecular weight excluding hydrogens is 358 g/mol. The van der Waals surface area contributed by atoms with Crippen molar-refractivity contribution in [2.75, 3.05) is 0 Å². The van der Waals surface area contributed by atoms with Crippen LogP contribution >= 0.6 is 12.4 Å². The van der Waals surface area contributed by atoms with Gasteiger partial charge in [0.05, 0.1) is 6.10 Å². The fraction of sp³-hybridized carbons (Fsp3) is 0.478. The zero-order valence-electron chi connectivity index (χ0n) is 17.4. The summed E-state index contributed by atoms with van der Waals surface area (Å²) in [5.41, 5.74) is 9.33. The molecule has 2 aromatic rings. The van der Waals surface area contributed by atoms with E-state index in [-0.39, 0.29) is 24.8 Å². The van der Waals surface area contributed by atoms with Crippen LogP contribution in [-0.4, -0.2) is 6.29 Å². The monoisotopic (exact) mass is 391 g/mol. The number of para-hydroxylation sites is 1. The second kappa shape index (κ2) is 10.1. The first-order chi connectivity index (χ1) is 12.2. The number of nitrogens with two attached hydrogens (primary N) is 1. The lowest BCUT2D eigenvalue weighted by molar-refractivity contribution is -0.104. The van der Waals surface area contributed by atoms with Crippen LogP contribution in [0.25, 0.3) is 0 Å². The summed E-state index contributed by atoms with van der Waals surface area (Å²) in [6, 6.07) is 16.4. The van der Waals surface area contributed by atoms with Crippen molar-refractivity contribution in [3.05, 3.63) is 65.2 Å². The zero-order valence-corrected chi connectivity index (χ0v) is 18.2. The van der Waals surface area contributed by atoms with Crippen LogP contribution in [0.1, 0.15) is 64.3 Å². The summed E-state index contributed by atoms with van der Waals surface area (Å²) in [6.07, 6.45) is 0.524. The minimum atomic E-state index is -0.415. The molecule has 2 atom stereocenters. The first kappa shape index (κ1) is 23.5. The van der Waals surface area contributed by atoms with Crippen LogP contribution in [0.15, 0.2) is 48.5 Å². The molecule has 2 rings (SSSR count). The molecule has 0 heterocycles. The van der Waals surface area contributed by atoms with Gasteiger partial charge in [0, 0.05) is 5.54 Å². The number of hydrogen-bond donors (Lipinski definition) is 1. The summed E-state index contributed by atoms with van der Waals surface area (Å²) in [5.74, 6) is 1.47. The predicted octanol–water partition coefficient (Wildman–Crippen LogP) is 6.00. The Balaban J connectivity index is 0.00000364. The SMILES string of the molecule is CC(C)Cc1ccccc1OC(C)OC(C)c1ccccc1C(C)(C)N.Cl. The smallest absolute Gasteiger partial charge is 0.197 e. The topological polar surface area (TPSA) is 44.5 Å². The van der Waals surface area contributed by atoms with Crippen LogP contribution in [0, 0.1) is 5.92 Å². The van der Waals surface area contributed by atoms with E-state index in [1.807, 2.05) is 52.0 Å². The van der Waals surface area contributed by atoms with E-state index >= 15 is 0 Å². The molecule has 2 aromatic carbocycles. The molecule has 0 aromatic heterocycles. The van der Waals surface area contributed by atoms with Crippen molar-refractivity contribution in [1.82, 2.24) is 0 Å². The first-order valence-electron chi connectivity index (χ1n) is 9.46. The molecule has 0 spiro atoms. The lowest BCUT2D eigenvalue weighted by Crippen LogP contribution is -2.31. The van der Waals surface area contributed by atoms with E-state index in [1.54, 1.807) is 0 Å². The zero-order chi connectivity index (χ0) is 19.3. The maximum absolute atomic E-state index is 6.33. The quantitative estimate of drug-likeness (QED) is 0.561. The van der Waals surface area contributed by atoms with E-state index in [0.717, 1.165) is 23.3 Å². The van der Waals surface area contributed by atoms with E-state index < -0.39 is 5.54 Å². The number of benzene rings is 2. The lowest BCUT2D eigenvalue weighted by Gasteiger charge is -2.28. The Kier molecular flexibility index (Phi) is 8.80. The molecule has 0 amide bonds. The molecular formula is C23H34ClNO2. The Hall–Kier alpha value is -1.55. The third-order valence-electron chi connectivity index (χ3n) is 4.38. The first-order valence-corrected chi connectivity index (χ1v) is 9.46. The highest BCUT2D eigenvalue weighted by molar-refractivity contribution is 5.85. The second-order valence-electron chi connectivity index (χ2n) is 7.98. The van der Waals surface area contributed by atoms with Gasteiger partial charge in [0.15, 0.2) is 6.29 Å². The number of hydrogen-bond acceptors (Lipinski definition) is 3. The molecule has 0 bridgehead atoms. The predicted molar refractivity (Wildman–Crippen MR) is 115 cm³/mol. The van der Waals surface area contributed by atoms with Gasteiger partial charge in [-0.25, -0.2) is 0 Å². The summed E-state index contributed by atoms with van der Waals surface area (Å²) in [5, 5.41) is 0. The summed E-state index contributed by atoms with van der Waals surface area (Å²) < 4.78 is 12.3. The van der Waals surface area contributed by atoms with Crippen LogP contribution < -0.4 is 10.5 Å². The Labute approximate surface area is 170 Å². The van der Waals surface area contributed by atoms with Crippen LogP contribution in [0.3, 0.4) is 0 Å². The number of rotatable bonds is 8. The summed E-state index contributed by atoms with van der Waals surface area (Å²) in [6.45, 7) is 12.4. The second-order valence-corrected chi connectivity index (χ2v) is 7.98. The number of ether oxygens (including phenoxy) is 2. The molecule has 0 aliphatic heterocycles. The minimum absolute atomic E-state index is 0. The number of halogens is 1. The molecule has 150 valence electrons. The summed E-state index contributed by atoms with van der Waals surface area (Å²) >= 11 is 0. The summed E-state index contributed by atoms with van der Waals surface area (Å²) in [7, 11) is 0.